The summed E-state index contributed by atoms with van der Waals surface area (Å²) in [6.07, 6.45) is 14.1. The van der Waals surface area contributed by atoms with Crippen molar-refractivity contribution < 1.29 is 4.74 Å². The fourth-order valence-corrected chi connectivity index (χ4v) is 5.30. The fourth-order valence-electron chi connectivity index (χ4n) is 5.30. The van der Waals surface area contributed by atoms with Crippen LogP contribution in [0.5, 0.6) is 0 Å². The predicted molar refractivity (Wildman–Crippen MR) is 82.8 cm³/mol. The number of hydrogen-bond acceptors (Lipinski definition) is 3. The lowest BCUT2D eigenvalue weighted by Crippen LogP contribution is -2.65. The van der Waals surface area contributed by atoms with Crippen LogP contribution in [0.25, 0.3) is 0 Å². The monoisotopic (exact) mass is 280 g/mol. The van der Waals surface area contributed by atoms with Gasteiger partial charge in [0.2, 0.25) is 0 Å². The highest BCUT2D eigenvalue weighted by molar-refractivity contribution is 5.04. The molecule has 2 N–H and O–H groups in total. The van der Waals surface area contributed by atoms with Crippen LogP contribution in [0.2, 0.25) is 0 Å². The van der Waals surface area contributed by atoms with Gasteiger partial charge in [0.1, 0.15) is 0 Å². The third kappa shape index (κ3) is 2.42. The summed E-state index contributed by atoms with van der Waals surface area (Å²) in [5, 5.41) is 0. The molecule has 3 heteroatoms. The van der Waals surface area contributed by atoms with Gasteiger partial charge in [-0.15, -0.1) is 0 Å². The van der Waals surface area contributed by atoms with Crippen molar-refractivity contribution in [2.24, 2.45) is 11.1 Å². The minimum atomic E-state index is 0.132. The van der Waals surface area contributed by atoms with Crippen molar-refractivity contribution in [2.75, 3.05) is 26.7 Å². The quantitative estimate of drug-likeness (QED) is 0.864. The summed E-state index contributed by atoms with van der Waals surface area (Å²) in [5.41, 5.74) is 7.09. The van der Waals surface area contributed by atoms with Crippen molar-refractivity contribution in [1.29, 1.82) is 0 Å². The molecule has 0 aromatic heterocycles. The van der Waals surface area contributed by atoms with Gasteiger partial charge in [-0.05, 0) is 57.0 Å². The van der Waals surface area contributed by atoms with Crippen molar-refractivity contribution in [2.45, 2.75) is 75.9 Å². The van der Waals surface area contributed by atoms with Gasteiger partial charge >= 0.3 is 0 Å². The Morgan fingerprint density at radius 1 is 1.00 bits per heavy atom. The SMILES string of the molecule is COC1CCCCC1(CN)N1CCC2(CCCC2)CC1. The lowest BCUT2D eigenvalue weighted by Gasteiger charge is -2.54. The zero-order chi connectivity index (χ0) is 14.1. The summed E-state index contributed by atoms with van der Waals surface area (Å²) in [6.45, 7) is 3.26. The second kappa shape index (κ2) is 5.94. The molecule has 116 valence electrons. The number of nitrogens with zero attached hydrogens (tertiary/aromatic N) is 1. The van der Waals surface area contributed by atoms with E-state index in [9.17, 15) is 0 Å². The maximum atomic E-state index is 6.26. The highest BCUT2D eigenvalue weighted by atomic mass is 16.5. The van der Waals surface area contributed by atoms with Gasteiger partial charge in [-0.2, -0.15) is 0 Å². The number of rotatable bonds is 3. The zero-order valence-electron chi connectivity index (χ0n) is 13.2. The molecule has 3 fully saturated rings. The Kier molecular flexibility index (Phi) is 4.40. The molecule has 0 bridgehead atoms. The van der Waals surface area contributed by atoms with Gasteiger partial charge in [-0.1, -0.05) is 25.7 Å². The van der Waals surface area contributed by atoms with E-state index in [4.69, 9.17) is 10.5 Å². The van der Waals surface area contributed by atoms with E-state index in [1.165, 1.54) is 77.3 Å². The van der Waals surface area contributed by atoms with Crippen molar-refractivity contribution >= 4 is 0 Å². The lowest BCUT2D eigenvalue weighted by molar-refractivity contribution is -0.0930. The minimum Gasteiger partial charge on any atom is -0.379 e. The molecule has 3 nitrogen and oxygen atoms in total. The Morgan fingerprint density at radius 3 is 2.25 bits per heavy atom. The highest BCUT2D eigenvalue weighted by Gasteiger charge is 2.48. The summed E-state index contributed by atoms with van der Waals surface area (Å²) in [6, 6.07) is 0. The first kappa shape index (κ1) is 14.8. The molecule has 2 atom stereocenters. The number of ether oxygens (including phenoxy) is 1. The molecular weight excluding hydrogens is 248 g/mol. The second-order valence-electron chi connectivity index (χ2n) is 7.47. The predicted octanol–water partition coefficient (Wildman–Crippen LogP) is 2.93. The van der Waals surface area contributed by atoms with E-state index < -0.39 is 0 Å². The molecule has 2 aliphatic carbocycles. The number of piperidine rings is 1. The van der Waals surface area contributed by atoms with Crippen molar-refractivity contribution in [1.82, 2.24) is 4.90 Å². The molecule has 0 amide bonds. The van der Waals surface area contributed by atoms with Crippen LogP contribution in [-0.4, -0.2) is 43.3 Å². The average molecular weight is 280 g/mol. The number of hydrogen-bond donors (Lipinski definition) is 1. The first-order valence-electron chi connectivity index (χ1n) is 8.73. The number of nitrogens with two attached hydrogens (primary N) is 1. The van der Waals surface area contributed by atoms with Crippen molar-refractivity contribution in [3.05, 3.63) is 0 Å². The Bertz CT molecular complexity index is 317. The molecule has 1 heterocycles. The van der Waals surface area contributed by atoms with Crippen molar-refractivity contribution in [3.63, 3.8) is 0 Å². The smallest absolute Gasteiger partial charge is 0.0767 e. The molecule has 1 aliphatic heterocycles. The third-order valence-electron chi connectivity index (χ3n) is 6.68. The van der Waals surface area contributed by atoms with Crippen LogP contribution in [0.1, 0.15) is 64.2 Å². The molecule has 3 rings (SSSR count). The third-order valence-corrected chi connectivity index (χ3v) is 6.68. The Balaban J connectivity index is 1.70. The second-order valence-corrected chi connectivity index (χ2v) is 7.47. The van der Waals surface area contributed by atoms with E-state index in [0.717, 1.165) is 6.54 Å². The van der Waals surface area contributed by atoms with E-state index in [1.807, 2.05) is 7.11 Å². The summed E-state index contributed by atoms with van der Waals surface area (Å²) in [7, 11) is 1.88. The lowest BCUT2D eigenvalue weighted by atomic mass is 9.72. The van der Waals surface area contributed by atoms with Gasteiger partial charge in [-0.3, -0.25) is 4.90 Å². The van der Waals surface area contributed by atoms with Crippen LogP contribution in [0.15, 0.2) is 0 Å². The van der Waals surface area contributed by atoms with E-state index in [1.54, 1.807) is 0 Å². The minimum absolute atomic E-state index is 0.132. The summed E-state index contributed by atoms with van der Waals surface area (Å²) >= 11 is 0. The molecule has 1 spiro atoms. The first-order chi connectivity index (χ1) is 9.75. The van der Waals surface area contributed by atoms with Gasteiger partial charge in [0, 0.05) is 13.7 Å². The zero-order valence-corrected chi connectivity index (χ0v) is 13.2. The van der Waals surface area contributed by atoms with Gasteiger partial charge in [-0.25, -0.2) is 0 Å². The maximum Gasteiger partial charge on any atom is 0.0767 e. The molecule has 2 unspecified atom stereocenters. The van der Waals surface area contributed by atoms with E-state index in [0.29, 0.717) is 11.5 Å². The Morgan fingerprint density at radius 2 is 1.65 bits per heavy atom. The molecular formula is C17H32N2O. The standard InChI is InChI=1S/C17H32N2O/c1-20-15-6-2-3-9-17(15,14-18)19-12-10-16(11-13-19)7-4-5-8-16/h15H,2-14,18H2,1H3. The molecule has 2 saturated carbocycles. The fraction of sp³-hybridized carbons (Fsp3) is 1.00. The highest BCUT2D eigenvalue weighted by Crippen LogP contribution is 2.48. The van der Waals surface area contributed by atoms with Crippen LogP contribution in [0.4, 0.5) is 0 Å². The molecule has 20 heavy (non-hydrogen) atoms. The Hall–Kier alpha value is -0.120. The van der Waals surface area contributed by atoms with Gasteiger partial charge < -0.3 is 10.5 Å². The van der Waals surface area contributed by atoms with Crippen LogP contribution in [0.3, 0.4) is 0 Å². The number of methoxy groups -OCH3 is 1. The van der Waals surface area contributed by atoms with Crippen molar-refractivity contribution in [3.8, 4) is 0 Å². The largest absolute Gasteiger partial charge is 0.379 e. The topological polar surface area (TPSA) is 38.5 Å². The van der Waals surface area contributed by atoms with Crippen LogP contribution < -0.4 is 5.73 Å². The van der Waals surface area contributed by atoms with Gasteiger partial charge in [0.05, 0.1) is 11.6 Å². The van der Waals surface area contributed by atoms with Crippen LogP contribution >= 0.6 is 0 Å². The Labute approximate surface area is 124 Å². The van der Waals surface area contributed by atoms with Crippen LogP contribution in [-0.2, 0) is 4.74 Å². The average Bonchev–Trinajstić information content (AvgIpc) is 2.96. The van der Waals surface area contributed by atoms with E-state index >= 15 is 0 Å². The molecule has 3 aliphatic rings. The maximum absolute atomic E-state index is 6.26. The van der Waals surface area contributed by atoms with Gasteiger partial charge in [0.25, 0.3) is 0 Å². The summed E-state index contributed by atoms with van der Waals surface area (Å²) in [5.74, 6) is 0. The molecule has 0 radical (unpaired) electrons. The molecule has 0 aromatic rings. The summed E-state index contributed by atoms with van der Waals surface area (Å²) < 4.78 is 5.85. The molecule has 1 saturated heterocycles. The van der Waals surface area contributed by atoms with E-state index in [-0.39, 0.29) is 5.54 Å². The van der Waals surface area contributed by atoms with Gasteiger partial charge in [0.15, 0.2) is 0 Å². The van der Waals surface area contributed by atoms with Crippen LogP contribution in [0, 0.1) is 5.41 Å². The van der Waals surface area contributed by atoms with E-state index in [2.05, 4.69) is 4.90 Å². The normalized spacial score (nSPS) is 38.4. The molecule has 0 aromatic carbocycles. The first-order valence-corrected chi connectivity index (χ1v) is 8.73. The number of likely N-dealkylation sites (tertiary alicyclic amines) is 1. The summed E-state index contributed by atoms with van der Waals surface area (Å²) in [4.78, 5) is 2.71.